The molecule has 2 N–H and O–H groups in total. The Hall–Kier alpha value is -1.84. The zero-order valence-electron chi connectivity index (χ0n) is 12.7. The number of benzene rings is 1. The average molecular weight is 298 g/mol. The van der Waals surface area contributed by atoms with E-state index in [1.54, 1.807) is 0 Å². The molecule has 0 heterocycles. The Morgan fingerprint density at radius 2 is 1.86 bits per heavy atom. The quantitative estimate of drug-likeness (QED) is 0.930. The van der Waals surface area contributed by atoms with Crippen molar-refractivity contribution in [1.29, 1.82) is 0 Å². The number of carbonyl (C=O) groups is 1. The molecule has 4 bridgehead atoms. The van der Waals surface area contributed by atoms with E-state index in [1.165, 1.54) is 24.1 Å². The van der Waals surface area contributed by atoms with Crippen molar-refractivity contribution in [2.75, 3.05) is 0 Å². The van der Waals surface area contributed by atoms with Gasteiger partial charge in [0.2, 0.25) is 0 Å². The number of ether oxygens (including phenoxy) is 1. The van der Waals surface area contributed by atoms with Crippen molar-refractivity contribution < 1.29 is 9.53 Å². The molecule has 2 atom stereocenters. The predicted molar refractivity (Wildman–Crippen MR) is 84.5 cm³/mol. The van der Waals surface area contributed by atoms with E-state index >= 15 is 0 Å². The Bertz CT molecular complexity index is 593. The minimum Gasteiger partial charge on any atom is -0.443 e. The van der Waals surface area contributed by atoms with E-state index in [2.05, 4.69) is 24.3 Å². The number of hydrogen-bond acceptors (Lipinski definition) is 3. The molecule has 22 heavy (non-hydrogen) atoms. The fraction of sp³-hybridized carbons (Fsp3) is 0.556. The van der Waals surface area contributed by atoms with Gasteiger partial charge in [-0.2, -0.15) is 0 Å². The van der Waals surface area contributed by atoms with Crippen molar-refractivity contribution in [3.63, 3.8) is 0 Å². The molecule has 4 aliphatic carbocycles. The highest BCUT2D eigenvalue weighted by molar-refractivity contribution is 5.91. The van der Waals surface area contributed by atoms with Gasteiger partial charge in [-0.05, 0) is 43.6 Å². The van der Waals surface area contributed by atoms with E-state index in [4.69, 9.17) is 15.5 Å². The average Bonchev–Trinajstić information content (AvgIpc) is 2.45. The summed E-state index contributed by atoms with van der Waals surface area (Å²) >= 11 is 0. The van der Waals surface area contributed by atoms with Gasteiger partial charge in [0.25, 0.3) is 0 Å². The molecule has 4 nitrogen and oxygen atoms in total. The van der Waals surface area contributed by atoms with Crippen LogP contribution in [0.2, 0.25) is 0 Å². The van der Waals surface area contributed by atoms with E-state index in [-0.39, 0.29) is 5.60 Å². The first-order valence-electron chi connectivity index (χ1n) is 8.20. The standard InChI is InChI=1S/C18H22N2O2/c19-17(21)22-18-8-13-6-14(9-18)16(15(7-13)10-18)20-11-12-4-2-1-3-5-12/h1-5,13-15H,6-11H2,(H2,19,21). The number of primary amides is 1. The van der Waals surface area contributed by atoms with E-state index in [0.29, 0.717) is 17.8 Å². The van der Waals surface area contributed by atoms with Gasteiger partial charge in [0.05, 0.1) is 6.54 Å². The summed E-state index contributed by atoms with van der Waals surface area (Å²) in [5, 5.41) is 0. The van der Waals surface area contributed by atoms with Crippen molar-refractivity contribution in [2.24, 2.45) is 28.5 Å². The lowest BCUT2D eigenvalue weighted by molar-refractivity contribution is -0.0866. The van der Waals surface area contributed by atoms with E-state index in [1.807, 2.05) is 6.07 Å². The minimum atomic E-state index is -0.621. The topological polar surface area (TPSA) is 64.7 Å². The van der Waals surface area contributed by atoms with Gasteiger partial charge in [-0.3, -0.25) is 4.99 Å². The molecule has 1 aromatic carbocycles. The maximum Gasteiger partial charge on any atom is 0.405 e. The fourth-order valence-corrected chi connectivity index (χ4v) is 5.06. The summed E-state index contributed by atoms with van der Waals surface area (Å²) in [4.78, 5) is 16.2. The monoisotopic (exact) mass is 298 g/mol. The summed E-state index contributed by atoms with van der Waals surface area (Å²) in [6, 6.07) is 10.4. The van der Waals surface area contributed by atoms with Gasteiger partial charge < -0.3 is 10.5 Å². The SMILES string of the molecule is NC(=O)OC12CC3CC(C1)C(=NCc1ccccc1)C(C3)C2. The van der Waals surface area contributed by atoms with Crippen LogP contribution in [-0.4, -0.2) is 17.4 Å². The predicted octanol–water partition coefficient (Wildman–Crippen LogP) is 3.30. The number of carbonyl (C=O) groups excluding carboxylic acids is 1. The molecule has 1 amide bonds. The summed E-state index contributed by atoms with van der Waals surface area (Å²) in [7, 11) is 0. The Kier molecular flexibility index (Phi) is 3.21. The highest BCUT2D eigenvalue weighted by atomic mass is 16.6. The Morgan fingerprint density at radius 1 is 1.18 bits per heavy atom. The van der Waals surface area contributed by atoms with Crippen molar-refractivity contribution in [1.82, 2.24) is 0 Å². The fourth-order valence-electron chi connectivity index (χ4n) is 5.06. The third-order valence-corrected chi connectivity index (χ3v) is 5.57. The third kappa shape index (κ3) is 2.40. The molecule has 5 rings (SSSR count). The van der Waals surface area contributed by atoms with E-state index in [0.717, 1.165) is 25.8 Å². The number of rotatable bonds is 3. The summed E-state index contributed by atoms with van der Waals surface area (Å²) in [6.45, 7) is 0.761. The molecular formula is C18H22N2O2. The molecule has 2 unspecified atom stereocenters. The number of nitrogens with zero attached hydrogens (tertiary/aromatic N) is 1. The smallest absolute Gasteiger partial charge is 0.405 e. The largest absolute Gasteiger partial charge is 0.443 e. The van der Waals surface area contributed by atoms with Crippen LogP contribution >= 0.6 is 0 Å². The first kappa shape index (κ1) is 13.8. The van der Waals surface area contributed by atoms with Crippen LogP contribution in [0, 0.1) is 17.8 Å². The molecule has 4 heteroatoms. The lowest BCUT2D eigenvalue weighted by Gasteiger charge is -2.56. The number of hydrogen-bond donors (Lipinski definition) is 1. The van der Waals surface area contributed by atoms with Crippen molar-refractivity contribution in [3.05, 3.63) is 35.9 Å². The molecule has 116 valence electrons. The second-order valence-corrected chi connectivity index (χ2v) is 7.17. The molecule has 0 radical (unpaired) electrons. The first-order chi connectivity index (χ1) is 10.6. The molecule has 4 aliphatic rings. The number of nitrogens with two attached hydrogens (primary N) is 1. The summed E-state index contributed by atoms with van der Waals surface area (Å²) in [5.41, 5.74) is 7.62. The second kappa shape index (κ2) is 5.11. The Morgan fingerprint density at radius 3 is 2.50 bits per heavy atom. The van der Waals surface area contributed by atoms with E-state index in [9.17, 15) is 4.79 Å². The van der Waals surface area contributed by atoms with Gasteiger partial charge in [-0.15, -0.1) is 0 Å². The van der Waals surface area contributed by atoms with Crippen LogP contribution in [-0.2, 0) is 11.3 Å². The van der Waals surface area contributed by atoms with Gasteiger partial charge in [-0.25, -0.2) is 4.79 Å². The maximum atomic E-state index is 11.2. The molecule has 4 saturated carbocycles. The summed E-state index contributed by atoms with van der Waals surface area (Å²) in [5.74, 6) is 1.64. The van der Waals surface area contributed by atoms with Crippen LogP contribution in [0.15, 0.2) is 35.3 Å². The zero-order valence-corrected chi connectivity index (χ0v) is 12.7. The number of amides is 1. The van der Waals surface area contributed by atoms with Crippen LogP contribution in [0.3, 0.4) is 0 Å². The molecule has 4 fully saturated rings. The Labute approximate surface area is 130 Å². The molecule has 0 aromatic heterocycles. The second-order valence-electron chi connectivity index (χ2n) is 7.17. The van der Waals surface area contributed by atoms with E-state index < -0.39 is 6.09 Å². The van der Waals surface area contributed by atoms with Crippen LogP contribution in [0.4, 0.5) is 4.79 Å². The lowest BCUT2D eigenvalue weighted by atomic mass is 9.53. The molecule has 1 aromatic rings. The van der Waals surface area contributed by atoms with Crippen molar-refractivity contribution in [3.8, 4) is 0 Å². The van der Waals surface area contributed by atoms with Crippen LogP contribution in [0.25, 0.3) is 0 Å². The zero-order chi connectivity index (χ0) is 15.2. The normalized spacial score (nSPS) is 35.5. The number of aliphatic imine (C=N–C) groups is 1. The minimum absolute atomic E-state index is 0.298. The van der Waals surface area contributed by atoms with Gasteiger partial charge in [0.1, 0.15) is 5.60 Å². The Balaban J connectivity index is 1.54. The first-order valence-corrected chi connectivity index (χ1v) is 8.20. The molecule has 0 saturated heterocycles. The van der Waals surface area contributed by atoms with Crippen molar-refractivity contribution in [2.45, 2.75) is 44.2 Å². The molecular weight excluding hydrogens is 276 g/mol. The van der Waals surface area contributed by atoms with Gasteiger partial charge in [0.15, 0.2) is 0 Å². The maximum absolute atomic E-state index is 11.2. The van der Waals surface area contributed by atoms with Gasteiger partial charge in [0, 0.05) is 17.5 Å². The van der Waals surface area contributed by atoms with Gasteiger partial charge >= 0.3 is 6.09 Å². The lowest BCUT2D eigenvalue weighted by Crippen LogP contribution is -2.57. The molecule has 0 spiro atoms. The molecule has 0 aliphatic heterocycles. The summed E-state index contributed by atoms with van der Waals surface area (Å²) < 4.78 is 5.55. The highest BCUT2D eigenvalue weighted by Crippen LogP contribution is 2.56. The summed E-state index contributed by atoms with van der Waals surface area (Å²) in [6.07, 6.45) is 4.61. The van der Waals surface area contributed by atoms with Crippen molar-refractivity contribution >= 4 is 11.8 Å². The van der Waals surface area contributed by atoms with Gasteiger partial charge in [-0.1, -0.05) is 30.3 Å². The van der Waals surface area contributed by atoms with Crippen LogP contribution in [0.1, 0.15) is 37.7 Å². The van der Waals surface area contributed by atoms with Crippen LogP contribution < -0.4 is 5.73 Å². The highest BCUT2D eigenvalue weighted by Gasteiger charge is 2.55. The van der Waals surface area contributed by atoms with Crippen LogP contribution in [0.5, 0.6) is 0 Å². The third-order valence-electron chi connectivity index (χ3n) is 5.57.